The Hall–Kier alpha value is -1.81. The van der Waals surface area contributed by atoms with Gasteiger partial charge in [-0.05, 0) is 81.6 Å². The number of carbonyl (C=O) groups is 1. The Morgan fingerprint density at radius 1 is 1.18 bits per heavy atom. The lowest BCUT2D eigenvalue weighted by Crippen LogP contribution is -2.55. The van der Waals surface area contributed by atoms with Crippen LogP contribution >= 0.6 is 11.6 Å². The van der Waals surface area contributed by atoms with Gasteiger partial charge in [-0.25, -0.2) is 0 Å². The van der Waals surface area contributed by atoms with E-state index in [0.717, 1.165) is 23.3 Å². The molecule has 1 aromatic heterocycles. The summed E-state index contributed by atoms with van der Waals surface area (Å²) < 4.78 is 5.39. The standard InChI is InChI=1S/C23H27ClN2O2/c1-13-20(21(26-28-13)18-5-3-4-6-19(18)24)22(27)25-14(2)23-10-15-7-16(11-23)9-17(8-15)12-23/h3-6,14-17H,7-12H2,1-2H3,(H,25,27). The maximum absolute atomic E-state index is 13.3. The second kappa shape index (κ2) is 6.62. The molecule has 5 heteroatoms. The third-order valence-corrected chi connectivity index (χ3v) is 7.90. The molecule has 1 heterocycles. The molecule has 1 amide bonds. The second-order valence-corrected chi connectivity index (χ2v) is 9.82. The molecule has 1 unspecified atom stereocenters. The molecular formula is C23H27ClN2O2. The monoisotopic (exact) mass is 398 g/mol. The fourth-order valence-electron chi connectivity index (χ4n) is 6.61. The highest BCUT2D eigenvalue weighted by Gasteiger charge is 2.53. The molecule has 4 fully saturated rings. The second-order valence-electron chi connectivity index (χ2n) is 9.42. The average Bonchev–Trinajstić information content (AvgIpc) is 3.02. The Morgan fingerprint density at radius 3 is 2.39 bits per heavy atom. The lowest BCUT2D eigenvalue weighted by atomic mass is 9.48. The van der Waals surface area contributed by atoms with Crippen LogP contribution in [0.15, 0.2) is 28.8 Å². The predicted octanol–water partition coefficient (Wildman–Crippen LogP) is 5.64. The Labute approximate surface area is 171 Å². The van der Waals surface area contributed by atoms with E-state index in [2.05, 4.69) is 17.4 Å². The molecule has 0 radical (unpaired) electrons. The molecule has 0 saturated heterocycles. The van der Waals surface area contributed by atoms with Gasteiger partial charge in [0, 0.05) is 11.6 Å². The van der Waals surface area contributed by atoms with E-state index in [0.29, 0.717) is 22.0 Å². The van der Waals surface area contributed by atoms with Crippen LogP contribution in [-0.4, -0.2) is 17.1 Å². The van der Waals surface area contributed by atoms with Gasteiger partial charge in [-0.3, -0.25) is 4.79 Å². The first-order valence-electron chi connectivity index (χ1n) is 10.5. The van der Waals surface area contributed by atoms with Crippen LogP contribution in [0.2, 0.25) is 5.02 Å². The number of aromatic nitrogens is 1. The van der Waals surface area contributed by atoms with Gasteiger partial charge in [-0.15, -0.1) is 0 Å². The molecule has 4 aliphatic rings. The van der Waals surface area contributed by atoms with E-state index in [1.165, 1.54) is 38.5 Å². The molecule has 0 aliphatic heterocycles. The van der Waals surface area contributed by atoms with Gasteiger partial charge in [0.2, 0.25) is 0 Å². The number of nitrogens with zero attached hydrogens (tertiary/aromatic N) is 1. The van der Waals surface area contributed by atoms with Crippen molar-refractivity contribution in [3.63, 3.8) is 0 Å². The van der Waals surface area contributed by atoms with Crippen LogP contribution in [0.25, 0.3) is 11.3 Å². The fourth-order valence-corrected chi connectivity index (χ4v) is 6.83. The fraction of sp³-hybridized carbons (Fsp3) is 0.565. The van der Waals surface area contributed by atoms with Crippen LogP contribution in [-0.2, 0) is 0 Å². The smallest absolute Gasteiger partial charge is 0.257 e. The van der Waals surface area contributed by atoms with E-state index in [9.17, 15) is 4.79 Å². The predicted molar refractivity (Wildman–Crippen MR) is 109 cm³/mol. The molecule has 148 valence electrons. The number of amides is 1. The summed E-state index contributed by atoms with van der Waals surface area (Å²) in [5.74, 6) is 3.02. The van der Waals surface area contributed by atoms with Gasteiger partial charge in [0.25, 0.3) is 5.91 Å². The van der Waals surface area contributed by atoms with Crippen molar-refractivity contribution in [2.24, 2.45) is 23.2 Å². The van der Waals surface area contributed by atoms with Crippen molar-refractivity contribution in [3.05, 3.63) is 40.6 Å². The van der Waals surface area contributed by atoms with Crippen LogP contribution in [0, 0.1) is 30.1 Å². The lowest BCUT2D eigenvalue weighted by molar-refractivity contribution is -0.0688. The Balaban J connectivity index is 1.41. The first-order valence-corrected chi connectivity index (χ1v) is 10.8. The summed E-state index contributed by atoms with van der Waals surface area (Å²) in [6.07, 6.45) is 8.01. The van der Waals surface area contributed by atoms with Crippen molar-refractivity contribution in [2.45, 2.75) is 58.4 Å². The highest BCUT2D eigenvalue weighted by molar-refractivity contribution is 6.33. The zero-order chi connectivity index (χ0) is 19.5. The van der Waals surface area contributed by atoms with Crippen molar-refractivity contribution >= 4 is 17.5 Å². The van der Waals surface area contributed by atoms with Crippen LogP contribution in [0.3, 0.4) is 0 Å². The molecule has 6 rings (SSSR count). The number of halogens is 1. The normalized spacial score (nSPS) is 31.8. The molecular weight excluding hydrogens is 372 g/mol. The molecule has 1 atom stereocenters. The van der Waals surface area contributed by atoms with Gasteiger partial charge in [-0.1, -0.05) is 35.0 Å². The molecule has 1 N–H and O–H groups in total. The zero-order valence-electron chi connectivity index (χ0n) is 16.5. The maximum atomic E-state index is 13.3. The van der Waals surface area contributed by atoms with Gasteiger partial charge in [0.05, 0.1) is 5.02 Å². The van der Waals surface area contributed by atoms with Crippen molar-refractivity contribution < 1.29 is 9.32 Å². The topological polar surface area (TPSA) is 55.1 Å². The first kappa shape index (κ1) is 18.2. The van der Waals surface area contributed by atoms with E-state index in [4.69, 9.17) is 16.1 Å². The Morgan fingerprint density at radius 2 is 1.79 bits per heavy atom. The van der Waals surface area contributed by atoms with Crippen LogP contribution in [0.5, 0.6) is 0 Å². The maximum Gasteiger partial charge on any atom is 0.257 e. The summed E-state index contributed by atoms with van der Waals surface area (Å²) in [7, 11) is 0. The SMILES string of the molecule is Cc1onc(-c2ccccc2Cl)c1C(=O)NC(C)C12CC3CC(CC(C3)C1)C2. The third kappa shape index (κ3) is 2.88. The highest BCUT2D eigenvalue weighted by atomic mass is 35.5. The van der Waals surface area contributed by atoms with Crippen LogP contribution in [0.1, 0.15) is 61.6 Å². The van der Waals surface area contributed by atoms with Gasteiger partial charge < -0.3 is 9.84 Å². The molecule has 4 saturated carbocycles. The van der Waals surface area contributed by atoms with E-state index in [-0.39, 0.29) is 17.4 Å². The van der Waals surface area contributed by atoms with Gasteiger partial charge >= 0.3 is 0 Å². The minimum Gasteiger partial charge on any atom is -0.360 e. The summed E-state index contributed by atoms with van der Waals surface area (Å²) >= 11 is 6.35. The van der Waals surface area contributed by atoms with Crippen molar-refractivity contribution in [1.82, 2.24) is 10.5 Å². The van der Waals surface area contributed by atoms with Gasteiger partial charge in [0.1, 0.15) is 17.0 Å². The molecule has 4 nitrogen and oxygen atoms in total. The van der Waals surface area contributed by atoms with E-state index in [1.807, 2.05) is 18.2 Å². The van der Waals surface area contributed by atoms with Crippen molar-refractivity contribution in [3.8, 4) is 11.3 Å². The molecule has 0 spiro atoms. The molecule has 2 aromatic rings. The highest BCUT2D eigenvalue weighted by Crippen LogP contribution is 2.61. The zero-order valence-corrected chi connectivity index (χ0v) is 17.3. The molecule has 28 heavy (non-hydrogen) atoms. The third-order valence-electron chi connectivity index (χ3n) is 7.57. The number of hydrogen-bond acceptors (Lipinski definition) is 3. The van der Waals surface area contributed by atoms with Crippen LogP contribution < -0.4 is 5.32 Å². The Bertz CT molecular complexity index is 884. The first-order chi connectivity index (χ1) is 13.4. The number of rotatable bonds is 4. The number of aryl methyl sites for hydroxylation is 1. The summed E-state index contributed by atoms with van der Waals surface area (Å²) in [6.45, 7) is 3.99. The summed E-state index contributed by atoms with van der Waals surface area (Å²) in [4.78, 5) is 13.3. The number of hydrogen-bond donors (Lipinski definition) is 1. The molecule has 1 aromatic carbocycles. The van der Waals surface area contributed by atoms with Crippen molar-refractivity contribution in [1.29, 1.82) is 0 Å². The van der Waals surface area contributed by atoms with E-state index < -0.39 is 0 Å². The lowest BCUT2D eigenvalue weighted by Gasteiger charge is -2.59. The van der Waals surface area contributed by atoms with Crippen LogP contribution in [0.4, 0.5) is 0 Å². The number of benzene rings is 1. The summed E-state index contributed by atoms with van der Waals surface area (Å²) in [6, 6.07) is 7.60. The molecule has 4 aliphatic carbocycles. The van der Waals surface area contributed by atoms with Crippen molar-refractivity contribution in [2.75, 3.05) is 0 Å². The number of carbonyl (C=O) groups excluding carboxylic acids is 1. The minimum absolute atomic E-state index is 0.100. The minimum atomic E-state index is -0.100. The summed E-state index contributed by atoms with van der Waals surface area (Å²) in [5, 5.41) is 8.04. The van der Waals surface area contributed by atoms with E-state index in [1.54, 1.807) is 13.0 Å². The Kier molecular flexibility index (Phi) is 4.31. The van der Waals surface area contributed by atoms with E-state index >= 15 is 0 Å². The number of nitrogens with one attached hydrogen (secondary N) is 1. The quantitative estimate of drug-likeness (QED) is 0.725. The van der Waals surface area contributed by atoms with Gasteiger partial charge in [0.15, 0.2) is 0 Å². The average molecular weight is 399 g/mol. The molecule has 4 bridgehead atoms. The van der Waals surface area contributed by atoms with Gasteiger partial charge in [-0.2, -0.15) is 0 Å². The summed E-state index contributed by atoms with van der Waals surface area (Å²) in [5.41, 5.74) is 2.02. The largest absolute Gasteiger partial charge is 0.360 e.